The monoisotopic (exact) mass is 351 g/mol. The number of carbonyl (C=O) groups is 1. The highest BCUT2D eigenvalue weighted by atomic mass is 31.1. The first-order valence-corrected chi connectivity index (χ1v) is 9.94. The van der Waals surface area contributed by atoms with Crippen LogP contribution in [0.1, 0.15) is 66.1 Å². The second kappa shape index (κ2) is 8.84. The second-order valence-electron chi connectivity index (χ2n) is 6.85. The van der Waals surface area contributed by atoms with E-state index < -0.39 is 19.8 Å². The zero-order valence-electron chi connectivity index (χ0n) is 15.1. The van der Waals surface area contributed by atoms with Gasteiger partial charge in [0.25, 0.3) is 0 Å². The fourth-order valence-corrected chi connectivity index (χ4v) is 4.41. The van der Waals surface area contributed by atoms with Gasteiger partial charge in [-0.25, -0.2) is 4.79 Å². The van der Waals surface area contributed by atoms with Crippen LogP contribution in [0.4, 0.5) is 0 Å². The summed E-state index contributed by atoms with van der Waals surface area (Å²) in [5.74, 6) is 0.556. The SMILES string of the molecule is Cc1cc(C)c(C(=O)[P+](=O)OC(C)OCC2CCCCC2)c(C)c1. The van der Waals surface area contributed by atoms with Crippen molar-refractivity contribution in [1.29, 1.82) is 0 Å². The van der Waals surface area contributed by atoms with Crippen molar-refractivity contribution in [3.8, 4) is 0 Å². The molecule has 0 aliphatic heterocycles. The molecule has 0 aromatic heterocycles. The van der Waals surface area contributed by atoms with Gasteiger partial charge in [0.05, 0.1) is 12.2 Å². The quantitative estimate of drug-likeness (QED) is 0.484. The van der Waals surface area contributed by atoms with Gasteiger partial charge in [-0.15, -0.1) is 4.52 Å². The van der Waals surface area contributed by atoms with Crippen molar-refractivity contribution < 1.29 is 18.6 Å². The Morgan fingerprint density at radius 2 is 1.75 bits per heavy atom. The van der Waals surface area contributed by atoms with Crippen LogP contribution in [0.2, 0.25) is 0 Å². The number of ether oxygens (including phenoxy) is 1. The van der Waals surface area contributed by atoms with Crippen LogP contribution in [-0.2, 0) is 13.8 Å². The van der Waals surface area contributed by atoms with Gasteiger partial charge < -0.3 is 4.74 Å². The predicted octanol–water partition coefficient (Wildman–Crippen LogP) is 5.45. The van der Waals surface area contributed by atoms with Gasteiger partial charge in [0.1, 0.15) is 0 Å². The largest absolute Gasteiger partial charge is 0.595 e. The van der Waals surface area contributed by atoms with Gasteiger partial charge in [0, 0.05) is 0 Å². The summed E-state index contributed by atoms with van der Waals surface area (Å²) in [6, 6.07) is 3.85. The van der Waals surface area contributed by atoms with Crippen LogP contribution in [0.15, 0.2) is 12.1 Å². The van der Waals surface area contributed by atoms with Crippen LogP contribution in [0.5, 0.6) is 0 Å². The van der Waals surface area contributed by atoms with E-state index in [4.69, 9.17) is 9.26 Å². The van der Waals surface area contributed by atoms with Gasteiger partial charge in [0.2, 0.25) is 6.29 Å². The molecule has 132 valence electrons. The standard InChI is InChI=1S/C19H28O4P/c1-13-10-14(2)18(15(3)11-13)19(20)24(21)23-16(4)22-12-17-8-6-5-7-9-17/h10-11,16-17H,5-9,12H2,1-4H3/q+1. The fraction of sp³-hybridized carbons (Fsp3) is 0.632. The zero-order chi connectivity index (χ0) is 17.7. The van der Waals surface area contributed by atoms with E-state index in [0.717, 1.165) is 16.7 Å². The molecular weight excluding hydrogens is 323 g/mol. The molecule has 1 aliphatic rings. The molecule has 0 radical (unpaired) electrons. The number of rotatable bonds is 7. The summed E-state index contributed by atoms with van der Waals surface area (Å²) in [5, 5.41) is 0. The molecule has 1 aromatic carbocycles. The molecule has 2 atom stereocenters. The minimum atomic E-state index is -2.44. The van der Waals surface area contributed by atoms with Crippen LogP contribution in [0.3, 0.4) is 0 Å². The normalized spacial score (nSPS) is 17.6. The third-order valence-electron chi connectivity index (χ3n) is 4.59. The molecule has 2 unspecified atom stereocenters. The molecule has 0 N–H and O–H groups in total. The second-order valence-corrected chi connectivity index (χ2v) is 7.98. The van der Waals surface area contributed by atoms with E-state index in [1.54, 1.807) is 6.92 Å². The average Bonchev–Trinajstić information content (AvgIpc) is 2.52. The van der Waals surface area contributed by atoms with Crippen LogP contribution >= 0.6 is 8.03 Å². The Bertz CT molecular complexity index is 582. The van der Waals surface area contributed by atoms with Crippen molar-refractivity contribution in [1.82, 2.24) is 0 Å². The topological polar surface area (TPSA) is 52.6 Å². The summed E-state index contributed by atoms with van der Waals surface area (Å²) in [5.41, 5.74) is 2.80. The first-order valence-electron chi connectivity index (χ1n) is 8.76. The maximum atomic E-state index is 12.5. The number of hydrogen-bond donors (Lipinski definition) is 0. The molecule has 0 spiro atoms. The van der Waals surface area contributed by atoms with Crippen LogP contribution in [0, 0.1) is 26.7 Å². The van der Waals surface area contributed by atoms with E-state index in [0.29, 0.717) is 18.1 Å². The average molecular weight is 351 g/mol. The number of benzene rings is 1. The van der Waals surface area contributed by atoms with Gasteiger partial charge in [0.15, 0.2) is 0 Å². The molecule has 0 amide bonds. The Hall–Kier alpha value is -1.09. The molecule has 1 aromatic rings. The van der Waals surface area contributed by atoms with Crippen molar-refractivity contribution in [2.45, 2.75) is 66.1 Å². The summed E-state index contributed by atoms with van der Waals surface area (Å²) in [6.45, 7) is 8.02. The van der Waals surface area contributed by atoms with Crippen molar-refractivity contribution >= 4 is 13.6 Å². The van der Waals surface area contributed by atoms with Crippen molar-refractivity contribution in [2.75, 3.05) is 6.61 Å². The van der Waals surface area contributed by atoms with E-state index in [9.17, 15) is 9.36 Å². The smallest absolute Gasteiger partial charge is 0.348 e. The van der Waals surface area contributed by atoms with E-state index >= 15 is 0 Å². The third-order valence-corrected chi connectivity index (χ3v) is 5.64. The molecule has 2 rings (SSSR count). The zero-order valence-corrected chi connectivity index (χ0v) is 16.0. The fourth-order valence-electron chi connectivity index (χ4n) is 3.45. The number of hydrogen-bond acceptors (Lipinski definition) is 4. The van der Waals surface area contributed by atoms with Gasteiger partial charge >= 0.3 is 13.6 Å². The number of carbonyl (C=O) groups excluding carboxylic acids is 1. The van der Waals surface area contributed by atoms with Crippen molar-refractivity contribution in [2.24, 2.45) is 5.92 Å². The lowest BCUT2D eigenvalue weighted by Crippen LogP contribution is -2.19. The van der Waals surface area contributed by atoms with E-state index in [-0.39, 0.29) is 0 Å². The Morgan fingerprint density at radius 3 is 2.33 bits per heavy atom. The Kier molecular flexibility index (Phi) is 7.09. The Morgan fingerprint density at radius 1 is 1.17 bits per heavy atom. The summed E-state index contributed by atoms with van der Waals surface area (Å²) in [4.78, 5) is 12.5. The Labute approximate surface area is 145 Å². The summed E-state index contributed by atoms with van der Waals surface area (Å²) in [7, 11) is -2.44. The first-order chi connectivity index (χ1) is 11.4. The lowest BCUT2D eigenvalue weighted by molar-refractivity contribution is -0.0776. The van der Waals surface area contributed by atoms with Gasteiger partial charge in [-0.05, 0) is 62.1 Å². The molecule has 5 heteroatoms. The minimum Gasteiger partial charge on any atom is -0.348 e. The maximum absolute atomic E-state index is 12.5. The van der Waals surface area contributed by atoms with Crippen molar-refractivity contribution in [3.63, 3.8) is 0 Å². The molecule has 1 fully saturated rings. The lowest BCUT2D eigenvalue weighted by Gasteiger charge is -2.21. The van der Waals surface area contributed by atoms with Gasteiger partial charge in [-0.2, -0.15) is 0 Å². The van der Waals surface area contributed by atoms with Crippen LogP contribution < -0.4 is 0 Å². The van der Waals surface area contributed by atoms with E-state index in [1.807, 2.05) is 32.9 Å². The van der Waals surface area contributed by atoms with E-state index in [2.05, 4.69) is 0 Å². The molecular formula is C19H28O4P+. The highest BCUT2D eigenvalue weighted by Crippen LogP contribution is 2.34. The summed E-state index contributed by atoms with van der Waals surface area (Å²) >= 11 is 0. The summed E-state index contributed by atoms with van der Waals surface area (Å²) in [6.07, 6.45) is 5.53. The molecule has 0 bridgehead atoms. The summed E-state index contributed by atoms with van der Waals surface area (Å²) < 4.78 is 23.3. The van der Waals surface area contributed by atoms with Gasteiger partial charge in [-0.3, -0.25) is 0 Å². The predicted molar refractivity (Wildman–Crippen MR) is 95.7 cm³/mol. The highest BCUT2D eigenvalue weighted by Gasteiger charge is 2.37. The Balaban J connectivity index is 1.90. The van der Waals surface area contributed by atoms with Crippen molar-refractivity contribution in [3.05, 3.63) is 34.4 Å². The molecule has 1 aliphatic carbocycles. The number of aryl methyl sites for hydroxylation is 3. The molecule has 0 saturated heterocycles. The molecule has 4 nitrogen and oxygen atoms in total. The maximum Gasteiger partial charge on any atom is 0.595 e. The molecule has 24 heavy (non-hydrogen) atoms. The lowest BCUT2D eigenvalue weighted by atomic mass is 9.90. The molecule has 1 saturated carbocycles. The van der Waals surface area contributed by atoms with Crippen LogP contribution in [0.25, 0.3) is 0 Å². The third kappa shape index (κ3) is 5.20. The highest BCUT2D eigenvalue weighted by molar-refractivity contribution is 7.60. The van der Waals surface area contributed by atoms with E-state index in [1.165, 1.54) is 32.1 Å². The van der Waals surface area contributed by atoms with Crippen LogP contribution in [-0.4, -0.2) is 18.4 Å². The molecule has 0 heterocycles. The minimum absolute atomic E-state index is 0.451. The first kappa shape index (κ1) is 19.2. The van der Waals surface area contributed by atoms with Gasteiger partial charge in [-0.1, -0.05) is 37.0 Å².